The Morgan fingerprint density at radius 3 is 2.63 bits per heavy atom. The summed E-state index contributed by atoms with van der Waals surface area (Å²) in [6.45, 7) is 8.74. The number of aryl methyl sites for hydroxylation is 1. The minimum Gasteiger partial charge on any atom is -0.388 e. The van der Waals surface area contributed by atoms with E-state index in [2.05, 4.69) is 4.98 Å². The number of pyridine rings is 1. The highest BCUT2D eigenvalue weighted by atomic mass is 16.3. The maximum absolute atomic E-state index is 12.5. The maximum Gasteiger partial charge on any atom is 0.254 e. The molecule has 1 fully saturated rings. The minimum absolute atomic E-state index is 0.0250. The Labute approximate surface area is 114 Å². The number of carbonyl (C=O) groups excluding carboxylic acids is 1. The van der Waals surface area contributed by atoms with Crippen molar-refractivity contribution in [2.45, 2.75) is 39.7 Å². The van der Waals surface area contributed by atoms with E-state index in [1.165, 1.54) is 0 Å². The number of nitrogens with zero attached hydrogens (tertiary/aromatic N) is 2. The fourth-order valence-corrected chi connectivity index (χ4v) is 2.42. The van der Waals surface area contributed by atoms with Crippen molar-refractivity contribution < 1.29 is 9.90 Å². The second-order valence-corrected chi connectivity index (χ2v) is 6.21. The molecular formula is C15H22N2O2. The number of β-amino-alcohol motifs (C(OH)–C–C–N with tert-alkyl or cyclic N) is 1. The fourth-order valence-electron chi connectivity index (χ4n) is 2.42. The van der Waals surface area contributed by atoms with E-state index in [4.69, 9.17) is 0 Å². The minimum atomic E-state index is -0.844. The number of aromatic nitrogens is 1. The Hall–Kier alpha value is -1.42. The summed E-state index contributed by atoms with van der Waals surface area (Å²) in [4.78, 5) is 18.4. The topological polar surface area (TPSA) is 53.4 Å². The first kappa shape index (κ1) is 14.0. The van der Waals surface area contributed by atoms with Crippen LogP contribution in [0.5, 0.6) is 0 Å². The molecule has 0 aromatic carbocycles. The Balaban J connectivity index is 2.22. The van der Waals surface area contributed by atoms with Gasteiger partial charge in [0.2, 0.25) is 0 Å². The number of amides is 1. The third-order valence-electron chi connectivity index (χ3n) is 4.26. The second-order valence-electron chi connectivity index (χ2n) is 6.21. The highest BCUT2D eigenvalue weighted by Gasteiger charge is 2.49. The number of carbonyl (C=O) groups is 1. The van der Waals surface area contributed by atoms with Crippen LogP contribution >= 0.6 is 0 Å². The van der Waals surface area contributed by atoms with E-state index in [1.54, 1.807) is 24.1 Å². The van der Waals surface area contributed by atoms with Crippen molar-refractivity contribution in [3.05, 3.63) is 29.6 Å². The predicted molar refractivity (Wildman–Crippen MR) is 73.9 cm³/mol. The second kappa shape index (κ2) is 4.60. The van der Waals surface area contributed by atoms with Crippen molar-refractivity contribution in [2.75, 3.05) is 13.1 Å². The third kappa shape index (κ3) is 2.50. The van der Waals surface area contributed by atoms with Crippen LogP contribution in [0.2, 0.25) is 0 Å². The molecule has 4 heteroatoms. The molecule has 1 aromatic heterocycles. The maximum atomic E-state index is 12.5. The summed E-state index contributed by atoms with van der Waals surface area (Å²) >= 11 is 0. The highest BCUT2D eigenvalue weighted by Crippen LogP contribution is 2.38. The Bertz CT molecular complexity index is 479. The first-order valence-electron chi connectivity index (χ1n) is 6.73. The van der Waals surface area contributed by atoms with Gasteiger partial charge in [0.1, 0.15) is 0 Å². The third-order valence-corrected chi connectivity index (χ3v) is 4.26. The smallest absolute Gasteiger partial charge is 0.254 e. The predicted octanol–water partition coefficient (Wildman–Crippen LogP) is 1.88. The number of hydrogen-bond donors (Lipinski definition) is 1. The lowest BCUT2D eigenvalue weighted by Crippen LogP contribution is -2.40. The molecule has 19 heavy (non-hydrogen) atoms. The zero-order valence-corrected chi connectivity index (χ0v) is 12.1. The lowest BCUT2D eigenvalue weighted by molar-refractivity contribution is -0.0108. The van der Waals surface area contributed by atoms with E-state index >= 15 is 0 Å². The van der Waals surface area contributed by atoms with E-state index in [1.807, 2.05) is 26.8 Å². The molecule has 2 rings (SSSR count). The average Bonchev–Trinajstić information content (AvgIpc) is 2.57. The van der Waals surface area contributed by atoms with Crippen LogP contribution in [0.3, 0.4) is 0 Å². The van der Waals surface area contributed by atoms with Crippen LogP contribution in [-0.4, -0.2) is 39.6 Å². The van der Waals surface area contributed by atoms with Gasteiger partial charge in [-0.25, -0.2) is 0 Å². The number of likely N-dealkylation sites (tertiary alicyclic amines) is 1. The van der Waals surface area contributed by atoms with Gasteiger partial charge in [-0.1, -0.05) is 20.8 Å². The lowest BCUT2D eigenvalue weighted by Gasteiger charge is -2.30. The summed E-state index contributed by atoms with van der Waals surface area (Å²) in [5.74, 6) is -0.0250. The molecule has 104 valence electrons. The molecule has 4 nitrogen and oxygen atoms in total. The summed E-state index contributed by atoms with van der Waals surface area (Å²) in [6.07, 6.45) is 2.48. The molecular weight excluding hydrogens is 240 g/mol. The van der Waals surface area contributed by atoms with Gasteiger partial charge in [0, 0.05) is 29.4 Å². The van der Waals surface area contributed by atoms with E-state index in [9.17, 15) is 9.90 Å². The first-order chi connectivity index (χ1) is 8.77. The van der Waals surface area contributed by atoms with Gasteiger partial charge in [0.25, 0.3) is 5.91 Å². The molecule has 1 saturated heterocycles. The van der Waals surface area contributed by atoms with Crippen molar-refractivity contribution in [1.29, 1.82) is 0 Å². The molecule has 0 aliphatic carbocycles. The number of aliphatic hydroxyl groups is 1. The standard InChI is InChI=1S/C15H22N2O2/c1-5-12-8-11(6-7-16-12)13(18)17-9-14(2,3)15(4,19)10-17/h6-8,19H,5,9-10H2,1-4H3/t15-/m1/s1. The zero-order chi connectivity index (χ0) is 14.3. The summed E-state index contributed by atoms with van der Waals surface area (Å²) in [6, 6.07) is 3.57. The zero-order valence-electron chi connectivity index (χ0n) is 12.1. The molecule has 1 aliphatic heterocycles. The van der Waals surface area contributed by atoms with Crippen LogP contribution < -0.4 is 0 Å². The van der Waals surface area contributed by atoms with Gasteiger partial charge in [-0.2, -0.15) is 0 Å². The van der Waals surface area contributed by atoms with Gasteiger partial charge in [0.05, 0.1) is 12.1 Å². The van der Waals surface area contributed by atoms with Crippen LogP contribution in [0.4, 0.5) is 0 Å². The van der Waals surface area contributed by atoms with Crippen LogP contribution in [-0.2, 0) is 6.42 Å². The average molecular weight is 262 g/mol. The summed E-state index contributed by atoms with van der Waals surface area (Å²) in [5, 5.41) is 10.4. The lowest BCUT2D eigenvalue weighted by atomic mass is 9.79. The molecule has 1 aromatic rings. The van der Waals surface area contributed by atoms with Crippen molar-refractivity contribution in [3.63, 3.8) is 0 Å². The molecule has 1 atom stereocenters. The van der Waals surface area contributed by atoms with Crippen molar-refractivity contribution in [2.24, 2.45) is 5.41 Å². The molecule has 0 radical (unpaired) electrons. The van der Waals surface area contributed by atoms with Gasteiger partial charge in [-0.15, -0.1) is 0 Å². The van der Waals surface area contributed by atoms with Crippen LogP contribution in [0.15, 0.2) is 18.3 Å². The van der Waals surface area contributed by atoms with Gasteiger partial charge in [-0.3, -0.25) is 9.78 Å². The fraction of sp³-hybridized carbons (Fsp3) is 0.600. The number of hydrogen-bond acceptors (Lipinski definition) is 3. The Morgan fingerprint density at radius 2 is 2.11 bits per heavy atom. The molecule has 0 bridgehead atoms. The molecule has 1 N–H and O–H groups in total. The molecule has 2 heterocycles. The molecule has 0 saturated carbocycles. The van der Waals surface area contributed by atoms with Crippen molar-refractivity contribution in [3.8, 4) is 0 Å². The van der Waals surface area contributed by atoms with E-state index in [0.717, 1.165) is 12.1 Å². The van der Waals surface area contributed by atoms with Gasteiger partial charge in [0.15, 0.2) is 0 Å². The summed E-state index contributed by atoms with van der Waals surface area (Å²) < 4.78 is 0. The van der Waals surface area contributed by atoms with Crippen LogP contribution in [0.25, 0.3) is 0 Å². The molecule has 1 amide bonds. The monoisotopic (exact) mass is 262 g/mol. The first-order valence-corrected chi connectivity index (χ1v) is 6.73. The molecule has 0 unspecified atom stereocenters. The van der Waals surface area contributed by atoms with Crippen LogP contribution in [0, 0.1) is 5.41 Å². The van der Waals surface area contributed by atoms with Gasteiger partial charge >= 0.3 is 0 Å². The molecule has 0 spiro atoms. The Kier molecular flexibility index (Phi) is 3.39. The quantitative estimate of drug-likeness (QED) is 0.885. The normalized spacial score (nSPS) is 25.6. The summed E-state index contributed by atoms with van der Waals surface area (Å²) in [5.41, 5.74) is 0.434. The Morgan fingerprint density at radius 1 is 1.42 bits per heavy atom. The van der Waals surface area contributed by atoms with E-state index < -0.39 is 5.60 Å². The van der Waals surface area contributed by atoms with Gasteiger partial charge < -0.3 is 10.0 Å². The SMILES string of the molecule is CCc1cc(C(=O)N2CC(C)(C)[C@](C)(O)C2)ccn1. The summed E-state index contributed by atoms with van der Waals surface area (Å²) in [7, 11) is 0. The van der Waals surface area contributed by atoms with E-state index in [0.29, 0.717) is 18.7 Å². The van der Waals surface area contributed by atoms with E-state index in [-0.39, 0.29) is 11.3 Å². The van der Waals surface area contributed by atoms with Crippen molar-refractivity contribution >= 4 is 5.91 Å². The molecule has 1 aliphatic rings. The highest BCUT2D eigenvalue weighted by molar-refractivity contribution is 5.94. The number of rotatable bonds is 2. The van der Waals surface area contributed by atoms with Crippen LogP contribution in [0.1, 0.15) is 43.7 Å². The van der Waals surface area contributed by atoms with Gasteiger partial charge in [-0.05, 0) is 25.5 Å². The van der Waals surface area contributed by atoms with Crippen molar-refractivity contribution in [1.82, 2.24) is 9.88 Å². The largest absolute Gasteiger partial charge is 0.388 e.